The second-order valence-electron chi connectivity index (χ2n) is 5.14. The third-order valence-corrected chi connectivity index (χ3v) is 3.24. The van der Waals surface area contributed by atoms with Crippen molar-refractivity contribution in [3.05, 3.63) is 58.4 Å². The number of fused-ring (bicyclic) bond motifs is 1. The van der Waals surface area contributed by atoms with E-state index in [0.29, 0.717) is 23.5 Å². The average molecular weight is 268 g/mol. The van der Waals surface area contributed by atoms with Crippen LogP contribution in [0.5, 0.6) is 0 Å². The Morgan fingerprint density at radius 1 is 1.25 bits per heavy atom. The van der Waals surface area contributed by atoms with Gasteiger partial charge in [-0.2, -0.15) is 0 Å². The molecule has 2 aromatic heterocycles. The fraction of sp³-hybridized carbons (Fsp3) is 0.267. The van der Waals surface area contributed by atoms with Crippen molar-refractivity contribution >= 4 is 11.2 Å². The maximum Gasteiger partial charge on any atom is 0.279 e. The number of aromatic nitrogens is 4. The number of rotatable bonds is 3. The molecule has 0 aliphatic heterocycles. The summed E-state index contributed by atoms with van der Waals surface area (Å²) in [7, 11) is 0. The van der Waals surface area contributed by atoms with Crippen molar-refractivity contribution in [2.24, 2.45) is 0 Å². The molecule has 0 atom stereocenters. The van der Waals surface area contributed by atoms with E-state index in [1.54, 1.807) is 6.33 Å². The van der Waals surface area contributed by atoms with E-state index in [2.05, 4.69) is 15.0 Å². The van der Waals surface area contributed by atoms with E-state index in [4.69, 9.17) is 0 Å². The van der Waals surface area contributed by atoms with Crippen LogP contribution in [0.4, 0.5) is 0 Å². The van der Waals surface area contributed by atoms with Gasteiger partial charge in [-0.15, -0.1) is 0 Å². The predicted molar refractivity (Wildman–Crippen MR) is 77.8 cm³/mol. The summed E-state index contributed by atoms with van der Waals surface area (Å²) in [5.74, 6) is 0.865. The fourth-order valence-electron chi connectivity index (χ4n) is 2.14. The highest BCUT2D eigenvalue weighted by atomic mass is 16.1. The summed E-state index contributed by atoms with van der Waals surface area (Å²) in [5, 5.41) is 0. The van der Waals surface area contributed by atoms with Gasteiger partial charge in [0, 0.05) is 5.92 Å². The Kier molecular flexibility index (Phi) is 3.10. The van der Waals surface area contributed by atoms with Gasteiger partial charge in [-0.1, -0.05) is 44.2 Å². The van der Waals surface area contributed by atoms with E-state index in [-0.39, 0.29) is 11.5 Å². The highest BCUT2D eigenvalue weighted by Crippen LogP contribution is 2.13. The van der Waals surface area contributed by atoms with E-state index in [1.807, 2.05) is 48.7 Å². The summed E-state index contributed by atoms with van der Waals surface area (Å²) in [6.07, 6.45) is 1.67. The van der Waals surface area contributed by atoms with E-state index >= 15 is 0 Å². The molecule has 5 nitrogen and oxygen atoms in total. The maximum absolute atomic E-state index is 12.0. The molecule has 5 heteroatoms. The van der Waals surface area contributed by atoms with Crippen molar-refractivity contribution < 1.29 is 0 Å². The van der Waals surface area contributed by atoms with Crippen molar-refractivity contribution in [3.63, 3.8) is 0 Å². The largest absolute Gasteiger partial charge is 0.311 e. The van der Waals surface area contributed by atoms with Crippen molar-refractivity contribution in [3.8, 4) is 0 Å². The Hall–Kier alpha value is -2.43. The van der Waals surface area contributed by atoms with E-state index in [9.17, 15) is 4.79 Å². The lowest BCUT2D eigenvalue weighted by atomic mass is 10.2. The lowest BCUT2D eigenvalue weighted by molar-refractivity contribution is 0.758. The molecule has 1 aromatic carbocycles. The molecule has 0 saturated heterocycles. The van der Waals surface area contributed by atoms with Crippen LogP contribution in [-0.4, -0.2) is 19.5 Å². The minimum atomic E-state index is -0.175. The molecule has 0 radical (unpaired) electrons. The normalized spacial score (nSPS) is 11.3. The monoisotopic (exact) mass is 268 g/mol. The van der Waals surface area contributed by atoms with Gasteiger partial charge in [0.1, 0.15) is 5.82 Å². The molecule has 3 rings (SSSR count). The van der Waals surface area contributed by atoms with Crippen LogP contribution in [0.25, 0.3) is 11.2 Å². The molecule has 0 spiro atoms. The predicted octanol–water partition coefficient (Wildman–Crippen LogP) is 2.29. The topological polar surface area (TPSA) is 63.6 Å². The standard InChI is InChI=1S/C15H16N4O/c1-10(2)13-17-14-12(15(20)18-13)16-9-19(14)8-11-6-4-3-5-7-11/h3-7,9-10H,8H2,1-2H3,(H,17,18,20). The molecule has 3 aromatic rings. The quantitative estimate of drug-likeness (QED) is 0.792. The van der Waals surface area contributed by atoms with Crippen LogP contribution in [0.3, 0.4) is 0 Å². The highest BCUT2D eigenvalue weighted by Gasteiger charge is 2.12. The molecule has 0 amide bonds. The molecular formula is C15H16N4O. The van der Waals surface area contributed by atoms with Gasteiger partial charge < -0.3 is 9.55 Å². The van der Waals surface area contributed by atoms with Gasteiger partial charge in [-0.05, 0) is 5.56 Å². The van der Waals surface area contributed by atoms with Crippen molar-refractivity contribution in [1.29, 1.82) is 0 Å². The zero-order valence-electron chi connectivity index (χ0n) is 11.5. The molecular weight excluding hydrogens is 252 g/mol. The van der Waals surface area contributed by atoms with Gasteiger partial charge in [0.2, 0.25) is 0 Å². The first-order valence-electron chi connectivity index (χ1n) is 6.64. The molecule has 0 aliphatic carbocycles. The van der Waals surface area contributed by atoms with Crippen molar-refractivity contribution in [2.45, 2.75) is 26.3 Å². The Morgan fingerprint density at radius 3 is 2.70 bits per heavy atom. The zero-order chi connectivity index (χ0) is 14.1. The molecule has 2 heterocycles. The van der Waals surface area contributed by atoms with Gasteiger partial charge in [0.05, 0.1) is 12.9 Å². The number of nitrogens with zero attached hydrogens (tertiary/aromatic N) is 3. The third-order valence-electron chi connectivity index (χ3n) is 3.24. The number of hydrogen-bond acceptors (Lipinski definition) is 3. The molecule has 0 saturated carbocycles. The lowest BCUT2D eigenvalue weighted by Gasteiger charge is -2.06. The fourth-order valence-corrected chi connectivity index (χ4v) is 2.14. The average Bonchev–Trinajstić information content (AvgIpc) is 2.84. The molecule has 20 heavy (non-hydrogen) atoms. The van der Waals surface area contributed by atoms with Crippen LogP contribution in [0.15, 0.2) is 41.5 Å². The third kappa shape index (κ3) is 2.22. The summed E-state index contributed by atoms with van der Waals surface area (Å²) in [5.41, 5.74) is 2.01. The summed E-state index contributed by atoms with van der Waals surface area (Å²) >= 11 is 0. The van der Waals surface area contributed by atoms with Crippen LogP contribution in [0, 0.1) is 0 Å². The number of aromatic amines is 1. The minimum absolute atomic E-state index is 0.173. The lowest BCUT2D eigenvalue weighted by Crippen LogP contribution is -2.14. The first-order chi connectivity index (χ1) is 9.65. The van der Waals surface area contributed by atoms with Crippen LogP contribution in [0.1, 0.15) is 31.2 Å². The van der Waals surface area contributed by atoms with Crippen LogP contribution in [-0.2, 0) is 6.54 Å². The zero-order valence-corrected chi connectivity index (χ0v) is 11.5. The second kappa shape index (κ2) is 4.92. The smallest absolute Gasteiger partial charge is 0.279 e. The van der Waals surface area contributed by atoms with Crippen LogP contribution < -0.4 is 5.56 Å². The molecule has 102 valence electrons. The Balaban J connectivity index is 2.10. The van der Waals surface area contributed by atoms with Crippen molar-refractivity contribution in [2.75, 3.05) is 0 Å². The Labute approximate surface area is 116 Å². The number of benzene rings is 1. The van der Waals surface area contributed by atoms with Gasteiger partial charge in [0.25, 0.3) is 5.56 Å². The Bertz CT molecular complexity index is 786. The number of H-pyrrole nitrogens is 1. The molecule has 0 bridgehead atoms. The summed E-state index contributed by atoms with van der Waals surface area (Å²) in [4.78, 5) is 23.5. The molecule has 0 aliphatic rings. The van der Waals surface area contributed by atoms with Gasteiger partial charge in [0.15, 0.2) is 11.2 Å². The van der Waals surface area contributed by atoms with Gasteiger partial charge >= 0.3 is 0 Å². The first kappa shape index (κ1) is 12.6. The van der Waals surface area contributed by atoms with Gasteiger partial charge in [-0.3, -0.25) is 4.79 Å². The van der Waals surface area contributed by atoms with Gasteiger partial charge in [-0.25, -0.2) is 9.97 Å². The summed E-state index contributed by atoms with van der Waals surface area (Å²) in [6.45, 7) is 4.66. The van der Waals surface area contributed by atoms with Crippen LogP contribution in [0.2, 0.25) is 0 Å². The summed E-state index contributed by atoms with van der Waals surface area (Å²) in [6, 6.07) is 10.1. The number of nitrogens with one attached hydrogen (secondary N) is 1. The SMILES string of the molecule is CC(C)c1nc2c(ncn2Cc2ccccc2)c(=O)[nH]1. The second-order valence-corrected chi connectivity index (χ2v) is 5.14. The summed E-state index contributed by atoms with van der Waals surface area (Å²) < 4.78 is 1.91. The van der Waals surface area contributed by atoms with E-state index in [1.165, 1.54) is 0 Å². The Morgan fingerprint density at radius 2 is 2.00 bits per heavy atom. The number of hydrogen-bond donors (Lipinski definition) is 1. The number of imidazole rings is 1. The van der Waals surface area contributed by atoms with E-state index < -0.39 is 0 Å². The molecule has 0 unspecified atom stereocenters. The maximum atomic E-state index is 12.0. The first-order valence-corrected chi connectivity index (χ1v) is 6.64. The van der Waals surface area contributed by atoms with Crippen molar-refractivity contribution in [1.82, 2.24) is 19.5 Å². The highest BCUT2D eigenvalue weighted by molar-refractivity contribution is 5.69. The molecule has 0 fully saturated rings. The van der Waals surface area contributed by atoms with E-state index in [0.717, 1.165) is 5.56 Å². The minimum Gasteiger partial charge on any atom is -0.311 e. The van der Waals surface area contributed by atoms with Crippen LogP contribution >= 0.6 is 0 Å². The molecule has 1 N–H and O–H groups in total.